The van der Waals surface area contributed by atoms with Gasteiger partial charge < -0.3 is 20.9 Å². The van der Waals surface area contributed by atoms with E-state index in [1.54, 1.807) is 4.90 Å². The van der Waals surface area contributed by atoms with Gasteiger partial charge in [0.15, 0.2) is 0 Å². The summed E-state index contributed by atoms with van der Waals surface area (Å²) >= 11 is 0. The van der Waals surface area contributed by atoms with Crippen LogP contribution in [0.1, 0.15) is 81.0 Å². The fourth-order valence-electron chi connectivity index (χ4n) is 6.11. The van der Waals surface area contributed by atoms with Crippen LogP contribution in [0.2, 0.25) is 0 Å². The zero-order chi connectivity index (χ0) is 26.4. The highest BCUT2D eigenvalue weighted by Gasteiger charge is 2.40. The topological polar surface area (TPSA) is 113 Å². The molecule has 1 aromatic rings. The van der Waals surface area contributed by atoms with Crippen molar-refractivity contribution in [1.29, 1.82) is 0 Å². The number of rotatable bonds is 7. The van der Waals surface area contributed by atoms with Crippen LogP contribution >= 0.6 is 0 Å². The number of carbonyl (C=O) groups is 4. The van der Waals surface area contributed by atoms with Gasteiger partial charge in [-0.2, -0.15) is 0 Å². The quantitative estimate of drug-likeness (QED) is 0.582. The summed E-state index contributed by atoms with van der Waals surface area (Å²) in [5, 5.41) is 2.82. The molecule has 3 aliphatic rings. The van der Waals surface area contributed by atoms with Crippen molar-refractivity contribution in [3.05, 3.63) is 35.6 Å². The molecule has 0 unspecified atom stereocenters. The predicted octanol–water partition coefficient (Wildman–Crippen LogP) is 3.00. The van der Waals surface area contributed by atoms with Crippen molar-refractivity contribution in [2.75, 3.05) is 19.6 Å². The standard InChI is InChI=1S/C28H39FN4O4/c29-22-13-7-12-21(17-22)27(36)32-14-15-33(28(37)20-10-5-2-6-11-20)24(18-32)26(35)31-23(25(30)34)16-19-8-3-1-4-9-19/h7,12-13,17,19-20,23-24H,1-6,8-11,14-16,18H2,(H2,30,34)(H,31,35)/t23-,24+/m0/s1. The number of carbonyl (C=O) groups excluding carboxylic acids is 4. The van der Waals surface area contributed by atoms with Crippen molar-refractivity contribution in [3.63, 3.8) is 0 Å². The van der Waals surface area contributed by atoms with Gasteiger partial charge in [-0.15, -0.1) is 0 Å². The number of hydrogen-bond acceptors (Lipinski definition) is 4. The summed E-state index contributed by atoms with van der Waals surface area (Å²) in [5.74, 6) is -1.85. The Hall–Kier alpha value is -2.97. The Bertz CT molecular complexity index is 990. The highest BCUT2D eigenvalue weighted by Crippen LogP contribution is 2.29. The van der Waals surface area contributed by atoms with E-state index in [2.05, 4.69) is 5.32 Å². The molecule has 9 heteroatoms. The summed E-state index contributed by atoms with van der Waals surface area (Å²) in [6.45, 7) is 0.436. The third kappa shape index (κ3) is 6.87. The molecule has 1 aliphatic heterocycles. The van der Waals surface area contributed by atoms with Crippen LogP contribution in [0.25, 0.3) is 0 Å². The smallest absolute Gasteiger partial charge is 0.254 e. The number of amides is 4. The Morgan fingerprint density at radius 3 is 2.30 bits per heavy atom. The highest BCUT2D eigenvalue weighted by molar-refractivity contribution is 5.96. The molecule has 1 aromatic carbocycles. The van der Waals surface area contributed by atoms with Crippen LogP contribution in [-0.2, 0) is 14.4 Å². The molecule has 0 bridgehead atoms. The van der Waals surface area contributed by atoms with Gasteiger partial charge in [-0.1, -0.05) is 57.4 Å². The molecule has 3 N–H and O–H groups in total. The van der Waals surface area contributed by atoms with E-state index in [9.17, 15) is 23.6 Å². The number of halogens is 1. The van der Waals surface area contributed by atoms with E-state index in [1.807, 2.05) is 0 Å². The van der Waals surface area contributed by atoms with Gasteiger partial charge in [0.1, 0.15) is 17.9 Å². The van der Waals surface area contributed by atoms with Crippen molar-refractivity contribution in [1.82, 2.24) is 15.1 Å². The maximum Gasteiger partial charge on any atom is 0.254 e. The summed E-state index contributed by atoms with van der Waals surface area (Å²) in [6, 6.07) is 3.69. The van der Waals surface area contributed by atoms with Gasteiger partial charge in [-0.05, 0) is 43.4 Å². The van der Waals surface area contributed by atoms with E-state index in [-0.39, 0.29) is 37.0 Å². The van der Waals surface area contributed by atoms with Crippen LogP contribution in [0.5, 0.6) is 0 Å². The second kappa shape index (κ2) is 12.5. The van der Waals surface area contributed by atoms with Gasteiger partial charge in [0.25, 0.3) is 5.91 Å². The van der Waals surface area contributed by atoms with E-state index >= 15 is 0 Å². The van der Waals surface area contributed by atoms with E-state index in [1.165, 1.54) is 35.6 Å². The molecule has 0 aromatic heterocycles. The third-order valence-electron chi connectivity index (χ3n) is 8.23. The highest BCUT2D eigenvalue weighted by atomic mass is 19.1. The van der Waals surface area contributed by atoms with Crippen molar-refractivity contribution in [3.8, 4) is 0 Å². The number of nitrogens with zero attached hydrogens (tertiary/aromatic N) is 2. The zero-order valence-corrected chi connectivity index (χ0v) is 21.5. The largest absolute Gasteiger partial charge is 0.368 e. The van der Waals surface area contributed by atoms with Crippen molar-refractivity contribution >= 4 is 23.6 Å². The van der Waals surface area contributed by atoms with Crippen molar-refractivity contribution < 1.29 is 23.6 Å². The molecule has 4 rings (SSSR count). The van der Waals surface area contributed by atoms with Gasteiger partial charge in [0.05, 0.1) is 6.54 Å². The van der Waals surface area contributed by atoms with Crippen LogP contribution < -0.4 is 11.1 Å². The number of nitrogens with two attached hydrogens (primary N) is 1. The first-order valence-electron chi connectivity index (χ1n) is 13.8. The van der Waals surface area contributed by atoms with Gasteiger partial charge >= 0.3 is 0 Å². The Labute approximate surface area is 218 Å². The lowest BCUT2D eigenvalue weighted by atomic mass is 9.84. The molecular weight excluding hydrogens is 475 g/mol. The van der Waals surface area contributed by atoms with Crippen LogP contribution in [0, 0.1) is 17.7 Å². The van der Waals surface area contributed by atoms with E-state index in [0.29, 0.717) is 12.3 Å². The average Bonchev–Trinajstić information content (AvgIpc) is 2.92. The molecule has 202 valence electrons. The summed E-state index contributed by atoms with van der Waals surface area (Å²) < 4.78 is 13.8. The molecule has 3 fully saturated rings. The molecule has 1 saturated heterocycles. The van der Waals surface area contributed by atoms with E-state index in [4.69, 9.17) is 5.73 Å². The lowest BCUT2D eigenvalue weighted by Gasteiger charge is -2.42. The van der Waals surface area contributed by atoms with Gasteiger partial charge in [-0.3, -0.25) is 19.2 Å². The van der Waals surface area contributed by atoms with Gasteiger partial charge in [-0.25, -0.2) is 4.39 Å². The first-order chi connectivity index (χ1) is 17.8. The number of primary amides is 1. The summed E-state index contributed by atoms with van der Waals surface area (Å²) in [6.07, 6.45) is 10.5. The first-order valence-corrected chi connectivity index (χ1v) is 13.8. The Kier molecular flexibility index (Phi) is 9.16. The summed E-state index contributed by atoms with van der Waals surface area (Å²) in [4.78, 5) is 55.6. The second-order valence-electron chi connectivity index (χ2n) is 10.8. The molecule has 0 radical (unpaired) electrons. The van der Waals surface area contributed by atoms with E-state index in [0.717, 1.165) is 57.8 Å². The second-order valence-corrected chi connectivity index (χ2v) is 10.8. The van der Waals surface area contributed by atoms with E-state index < -0.39 is 35.6 Å². The number of hydrogen-bond donors (Lipinski definition) is 2. The maximum absolute atomic E-state index is 13.8. The Balaban J connectivity index is 1.51. The zero-order valence-electron chi connectivity index (χ0n) is 21.5. The lowest BCUT2D eigenvalue weighted by molar-refractivity contribution is -0.147. The van der Waals surface area contributed by atoms with Crippen LogP contribution in [0.3, 0.4) is 0 Å². The Morgan fingerprint density at radius 2 is 1.65 bits per heavy atom. The van der Waals surface area contributed by atoms with Crippen LogP contribution in [0.4, 0.5) is 4.39 Å². The van der Waals surface area contributed by atoms with Gasteiger partial charge in [0.2, 0.25) is 17.7 Å². The lowest BCUT2D eigenvalue weighted by Crippen LogP contribution is -2.64. The minimum Gasteiger partial charge on any atom is -0.368 e. The molecule has 0 spiro atoms. The third-order valence-corrected chi connectivity index (χ3v) is 8.23. The Morgan fingerprint density at radius 1 is 0.973 bits per heavy atom. The monoisotopic (exact) mass is 514 g/mol. The maximum atomic E-state index is 13.8. The predicted molar refractivity (Wildman–Crippen MR) is 137 cm³/mol. The minimum absolute atomic E-state index is 0.0193. The summed E-state index contributed by atoms with van der Waals surface area (Å²) in [7, 11) is 0. The van der Waals surface area contributed by atoms with Gasteiger partial charge in [0, 0.05) is 24.6 Å². The number of benzene rings is 1. The number of piperazine rings is 1. The SMILES string of the molecule is NC(=O)[C@H](CC1CCCCC1)NC(=O)[C@H]1CN(C(=O)c2cccc(F)c2)CCN1C(=O)C1CCCCC1. The summed E-state index contributed by atoms with van der Waals surface area (Å²) in [5.41, 5.74) is 5.87. The molecular formula is C28H39FN4O4. The molecule has 2 aliphatic carbocycles. The number of nitrogens with one attached hydrogen (secondary N) is 1. The normalized spacial score (nSPS) is 22.4. The van der Waals surface area contributed by atoms with Crippen molar-refractivity contribution in [2.24, 2.45) is 17.6 Å². The molecule has 2 saturated carbocycles. The average molecular weight is 515 g/mol. The first kappa shape index (κ1) is 27.1. The molecule has 37 heavy (non-hydrogen) atoms. The van der Waals surface area contributed by atoms with Crippen molar-refractivity contribution in [2.45, 2.75) is 82.7 Å². The molecule has 1 heterocycles. The molecule has 2 atom stereocenters. The van der Waals surface area contributed by atoms with Crippen LogP contribution in [-0.4, -0.2) is 65.1 Å². The molecule has 4 amide bonds. The fourth-order valence-corrected chi connectivity index (χ4v) is 6.11. The van der Waals surface area contributed by atoms with Crippen LogP contribution in [0.15, 0.2) is 24.3 Å². The minimum atomic E-state index is -0.936. The fraction of sp³-hybridized carbons (Fsp3) is 0.643. The molecule has 8 nitrogen and oxygen atoms in total.